The smallest absolute Gasteiger partial charge is 0.0793 e. The van der Waals surface area contributed by atoms with Gasteiger partial charge in [-0.3, -0.25) is 0 Å². The molecule has 2 unspecified atom stereocenters. The maximum atomic E-state index is 10.2. The Morgan fingerprint density at radius 2 is 2.05 bits per heavy atom. The Balaban J connectivity index is 1.61. The quantitative estimate of drug-likeness (QED) is 0.786. The Hall–Kier alpha value is -0.160. The number of likely N-dealkylation sites (N-methyl/N-ethyl adjacent to an activating group) is 1. The van der Waals surface area contributed by atoms with E-state index < -0.39 is 0 Å². The Morgan fingerprint density at radius 1 is 1.32 bits per heavy atom. The van der Waals surface area contributed by atoms with Gasteiger partial charge in [0.2, 0.25) is 0 Å². The first kappa shape index (κ1) is 15.2. The fraction of sp³-hybridized carbons (Fsp3) is 1.00. The number of hydrogen-bond acceptors (Lipinski definition) is 4. The predicted molar refractivity (Wildman–Crippen MR) is 77.3 cm³/mol. The predicted octanol–water partition coefficient (Wildman–Crippen LogP) is 1.19. The molecule has 4 heteroatoms. The summed E-state index contributed by atoms with van der Waals surface area (Å²) >= 11 is 0. The Morgan fingerprint density at radius 3 is 2.68 bits per heavy atom. The minimum absolute atomic E-state index is 0.236. The number of rotatable bonds is 6. The van der Waals surface area contributed by atoms with Crippen molar-refractivity contribution in [3.63, 3.8) is 0 Å². The fourth-order valence-electron chi connectivity index (χ4n) is 3.17. The van der Waals surface area contributed by atoms with Gasteiger partial charge >= 0.3 is 0 Å². The lowest BCUT2D eigenvalue weighted by molar-refractivity contribution is 0.0420. The van der Waals surface area contributed by atoms with Crippen molar-refractivity contribution in [3.8, 4) is 0 Å². The van der Waals surface area contributed by atoms with E-state index in [2.05, 4.69) is 23.8 Å². The monoisotopic (exact) mass is 270 g/mol. The number of likely N-dealkylation sites (tertiary alicyclic amines) is 1. The van der Waals surface area contributed by atoms with E-state index in [9.17, 15) is 5.11 Å². The molecule has 0 amide bonds. The second kappa shape index (κ2) is 7.58. The molecule has 2 atom stereocenters. The zero-order valence-electron chi connectivity index (χ0n) is 12.6. The van der Waals surface area contributed by atoms with Crippen LogP contribution in [0.25, 0.3) is 0 Å². The minimum Gasteiger partial charge on any atom is -0.390 e. The number of aliphatic hydroxyl groups excluding tert-OH is 1. The molecule has 0 aromatic heterocycles. The molecule has 0 radical (unpaired) electrons. The first-order valence-electron chi connectivity index (χ1n) is 7.84. The van der Waals surface area contributed by atoms with Crippen molar-refractivity contribution in [3.05, 3.63) is 0 Å². The van der Waals surface area contributed by atoms with E-state index >= 15 is 0 Å². The maximum Gasteiger partial charge on any atom is 0.0793 e. The van der Waals surface area contributed by atoms with Gasteiger partial charge in [-0.2, -0.15) is 0 Å². The molecular formula is C15H30N2O2. The summed E-state index contributed by atoms with van der Waals surface area (Å²) in [5, 5.41) is 10.2. The van der Waals surface area contributed by atoms with Gasteiger partial charge in [0, 0.05) is 26.2 Å². The van der Waals surface area contributed by atoms with Crippen molar-refractivity contribution in [1.82, 2.24) is 9.80 Å². The standard InChI is InChI=1S/C15H30N2O2/c1-13-5-7-17(8-6-13)11-14(18)10-16(2)12-15-4-3-9-19-15/h13-15,18H,3-12H2,1-2H3. The molecule has 0 aromatic rings. The normalized spacial score (nSPS) is 28.1. The van der Waals surface area contributed by atoms with E-state index in [-0.39, 0.29) is 6.10 Å². The molecular weight excluding hydrogens is 240 g/mol. The van der Waals surface area contributed by atoms with Crippen LogP contribution in [0.4, 0.5) is 0 Å². The van der Waals surface area contributed by atoms with Crippen molar-refractivity contribution in [2.24, 2.45) is 5.92 Å². The van der Waals surface area contributed by atoms with Crippen LogP contribution in [-0.4, -0.2) is 73.5 Å². The zero-order valence-corrected chi connectivity index (χ0v) is 12.6. The highest BCUT2D eigenvalue weighted by Gasteiger charge is 2.21. The van der Waals surface area contributed by atoms with E-state index in [4.69, 9.17) is 4.74 Å². The minimum atomic E-state index is -0.236. The summed E-state index contributed by atoms with van der Waals surface area (Å²) in [7, 11) is 2.09. The molecule has 0 bridgehead atoms. The van der Waals surface area contributed by atoms with E-state index in [1.165, 1.54) is 25.7 Å². The van der Waals surface area contributed by atoms with Crippen LogP contribution in [0.2, 0.25) is 0 Å². The molecule has 0 saturated carbocycles. The molecule has 2 aliphatic rings. The van der Waals surface area contributed by atoms with Crippen LogP contribution < -0.4 is 0 Å². The fourth-order valence-corrected chi connectivity index (χ4v) is 3.17. The first-order valence-corrected chi connectivity index (χ1v) is 7.84. The van der Waals surface area contributed by atoms with Gasteiger partial charge in [-0.1, -0.05) is 6.92 Å². The third-order valence-corrected chi connectivity index (χ3v) is 4.41. The van der Waals surface area contributed by atoms with Gasteiger partial charge in [0.1, 0.15) is 0 Å². The average Bonchev–Trinajstić information content (AvgIpc) is 2.84. The summed E-state index contributed by atoms with van der Waals surface area (Å²) in [6.45, 7) is 8.06. The molecule has 19 heavy (non-hydrogen) atoms. The molecule has 4 nitrogen and oxygen atoms in total. The third kappa shape index (κ3) is 5.38. The molecule has 0 aromatic carbocycles. The molecule has 0 aliphatic carbocycles. The van der Waals surface area contributed by atoms with E-state index in [0.29, 0.717) is 6.10 Å². The van der Waals surface area contributed by atoms with Crippen LogP contribution in [0.15, 0.2) is 0 Å². The number of piperidine rings is 1. The topological polar surface area (TPSA) is 35.9 Å². The van der Waals surface area contributed by atoms with Gasteiger partial charge in [0.15, 0.2) is 0 Å². The zero-order chi connectivity index (χ0) is 13.7. The summed E-state index contributed by atoms with van der Waals surface area (Å²) in [5.41, 5.74) is 0. The van der Waals surface area contributed by atoms with Crippen LogP contribution in [0.1, 0.15) is 32.6 Å². The highest BCUT2D eigenvalue weighted by atomic mass is 16.5. The highest BCUT2D eigenvalue weighted by molar-refractivity contribution is 4.75. The maximum absolute atomic E-state index is 10.2. The number of hydrogen-bond donors (Lipinski definition) is 1. The van der Waals surface area contributed by atoms with Crippen LogP contribution >= 0.6 is 0 Å². The Kier molecular flexibility index (Phi) is 6.07. The lowest BCUT2D eigenvalue weighted by Crippen LogP contribution is -2.43. The second-order valence-corrected chi connectivity index (χ2v) is 6.49. The molecule has 2 fully saturated rings. The molecule has 2 aliphatic heterocycles. The molecule has 2 heterocycles. The van der Waals surface area contributed by atoms with Crippen molar-refractivity contribution in [2.45, 2.75) is 44.8 Å². The van der Waals surface area contributed by atoms with Crippen molar-refractivity contribution >= 4 is 0 Å². The van der Waals surface area contributed by atoms with Gasteiger partial charge < -0.3 is 19.6 Å². The number of β-amino-alcohol motifs (C(OH)–C–C–N with tert-alkyl or cyclic N) is 1. The summed E-state index contributed by atoms with van der Waals surface area (Å²) in [6, 6.07) is 0. The Bertz CT molecular complexity index is 249. The van der Waals surface area contributed by atoms with Crippen LogP contribution in [0, 0.1) is 5.92 Å². The number of aliphatic hydroxyl groups is 1. The van der Waals surface area contributed by atoms with Gasteiger partial charge in [-0.25, -0.2) is 0 Å². The summed E-state index contributed by atoms with van der Waals surface area (Å²) in [6.07, 6.45) is 5.06. The summed E-state index contributed by atoms with van der Waals surface area (Å²) in [4.78, 5) is 4.62. The molecule has 2 saturated heterocycles. The van der Waals surface area contributed by atoms with Crippen molar-refractivity contribution < 1.29 is 9.84 Å². The lowest BCUT2D eigenvalue weighted by Gasteiger charge is -2.32. The molecule has 2 rings (SSSR count). The van der Waals surface area contributed by atoms with Gasteiger partial charge in [-0.15, -0.1) is 0 Å². The Labute approximate surface area is 117 Å². The molecule has 1 N–H and O–H groups in total. The highest BCUT2D eigenvalue weighted by Crippen LogP contribution is 2.16. The molecule has 0 spiro atoms. The first-order chi connectivity index (χ1) is 9.13. The van der Waals surface area contributed by atoms with Crippen LogP contribution in [0.5, 0.6) is 0 Å². The van der Waals surface area contributed by atoms with Crippen LogP contribution in [0.3, 0.4) is 0 Å². The van der Waals surface area contributed by atoms with Gasteiger partial charge in [0.05, 0.1) is 12.2 Å². The summed E-state index contributed by atoms with van der Waals surface area (Å²) in [5.74, 6) is 0.857. The largest absolute Gasteiger partial charge is 0.390 e. The van der Waals surface area contributed by atoms with Crippen LogP contribution in [-0.2, 0) is 4.74 Å². The average molecular weight is 270 g/mol. The summed E-state index contributed by atoms with van der Waals surface area (Å²) < 4.78 is 5.63. The second-order valence-electron chi connectivity index (χ2n) is 6.49. The van der Waals surface area contributed by atoms with E-state index in [1.54, 1.807) is 0 Å². The number of nitrogens with zero attached hydrogens (tertiary/aromatic N) is 2. The molecule has 112 valence electrons. The van der Waals surface area contributed by atoms with Crippen molar-refractivity contribution in [2.75, 3.05) is 46.4 Å². The lowest BCUT2D eigenvalue weighted by atomic mass is 9.99. The van der Waals surface area contributed by atoms with Gasteiger partial charge in [0.25, 0.3) is 0 Å². The SMILES string of the molecule is CC1CCN(CC(O)CN(C)CC2CCCO2)CC1. The van der Waals surface area contributed by atoms with E-state index in [1.807, 2.05) is 0 Å². The number of ether oxygens (including phenoxy) is 1. The van der Waals surface area contributed by atoms with Gasteiger partial charge in [-0.05, 0) is 51.7 Å². The van der Waals surface area contributed by atoms with Crippen molar-refractivity contribution in [1.29, 1.82) is 0 Å². The third-order valence-electron chi connectivity index (χ3n) is 4.41. The van der Waals surface area contributed by atoms with E-state index in [0.717, 1.165) is 45.2 Å².